The van der Waals surface area contributed by atoms with Crippen LogP contribution in [0.2, 0.25) is 0 Å². The van der Waals surface area contributed by atoms with Gasteiger partial charge in [-0.2, -0.15) is 0 Å². The minimum Gasteiger partial charge on any atom is -0.478 e. The van der Waals surface area contributed by atoms with E-state index in [1.54, 1.807) is 12.1 Å². The molecule has 3 heterocycles. The van der Waals surface area contributed by atoms with Gasteiger partial charge in [0.05, 0.1) is 29.8 Å². The number of aromatic carboxylic acids is 1. The second kappa shape index (κ2) is 8.90. The summed E-state index contributed by atoms with van der Waals surface area (Å²) in [7, 11) is 0. The zero-order valence-corrected chi connectivity index (χ0v) is 19.5. The number of carboxylic acids is 1. The van der Waals surface area contributed by atoms with Crippen LogP contribution in [-0.4, -0.2) is 67.6 Å². The molecule has 0 saturated carbocycles. The summed E-state index contributed by atoms with van der Waals surface area (Å²) in [5.74, 6) is 0.319. The van der Waals surface area contributed by atoms with E-state index in [-0.39, 0.29) is 5.56 Å². The average molecular weight is 482 g/mol. The Morgan fingerprint density at radius 3 is 2.56 bits per heavy atom. The molecule has 1 fully saturated rings. The molecule has 0 bridgehead atoms. The molecule has 180 valence electrons. The fourth-order valence-electron chi connectivity index (χ4n) is 4.88. The second-order valence-electron chi connectivity index (χ2n) is 8.57. The first kappa shape index (κ1) is 21.9. The van der Waals surface area contributed by atoms with Crippen molar-refractivity contribution in [3.8, 4) is 28.2 Å². The number of hydrogen-bond acceptors (Lipinski definition) is 7. The summed E-state index contributed by atoms with van der Waals surface area (Å²) in [6.45, 7) is 4.64. The highest BCUT2D eigenvalue weighted by Crippen LogP contribution is 2.39. The molecule has 10 heteroatoms. The Labute approximate surface area is 206 Å². The first-order valence-electron chi connectivity index (χ1n) is 11.6. The third kappa shape index (κ3) is 3.68. The molecule has 3 aromatic carbocycles. The lowest BCUT2D eigenvalue weighted by molar-refractivity contribution is 0.0698. The number of aromatic amines is 1. The molecule has 5 aromatic rings. The van der Waals surface area contributed by atoms with Gasteiger partial charge in [-0.3, -0.25) is 4.57 Å². The average Bonchev–Trinajstić information content (AvgIpc) is 3.56. The maximum Gasteiger partial charge on any atom is 0.337 e. The molecule has 36 heavy (non-hydrogen) atoms. The van der Waals surface area contributed by atoms with Crippen molar-refractivity contribution in [1.29, 1.82) is 0 Å². The number of imidazole rings is 1. The van der Waals surface area contributed by atoms with Gasteiger partial charge in [-0.05, 0) is 47.2 Å². The van der Waals surface area contributed by atoms with Gasteiger partial charge >= 0.3 is 5.97 Å². The lowest BCUT2D eigenvalue weighted by atomic mass is 9.96. The molecule has 1 aliphatic heterocycles. The van der Waals surface area contributed by atoms with Gasteiger partial charge in [0, 0.05) is 35.6 Å². The summed E-state index contributed by atoms with van der Waals surface area (Å²) in [5.41, 5.74) is 6.20. The third-order valence-electron chi connectivity index (χ3n) is 6.48. The summed E-state index contributed by atoms with van der Waals surface area (Å²) in [5, 5.41) is 24.3. The maximum absolute atomic E-state index is 12.0. The van der Waals surface area contributed by atoms with Gasteiger partial charge in [0.1, 0.15) is 5.82 Å². The van der Waals surface area contributed by atoms with Crippen molar-refractivity contribution >= 4 is 22.7 Å². The van der Waals surface area contributed by atoms with Gasteiger partial charge in [0.15, 0.2) is 5.82 Å². The molecule has 0 unspecified atom stereocenters. The third-order valence-corrected chi connectivity index (χ3v) is 6.48. The van der Waals surface area contributed by atoms with Crippen molar-refractivity contribution in [2.24, 2.45) is 0 Å². The Morgan fingerprint density at radius 2 is 1.81 bits per heavy atom. The van der Waals surface area contributed by atoms with E-state index in [1.165, 1.54) is 0 Å². The largest absolute Gasteiger partial charge is 0.478 e. The number of nitrogens with zero attached hydrogens (tertiary/aromatic N) is 6. The van der Waals surface area contributed by atoms with Crippen LogP contribution in [0, 0.1) is 6.92 Å². The lowest BCUT2D eigenvalue weighted by Crippen LogP contribution is -2.36. The van der Waals surface area contributed by atoms with E-state index in [9.17, 15) is 9.90 Å². The highest BCUT2D eigenvalue weighted by atomic mass is 16.5. The number of morpholine rings is 1. The van der Waals surface area contributed by atoms with E-state index in [2.05, 4.69) is 48.7 Å². The van der Waals surface area contributed by atoms with E-state index in [0.29, 0.717) is 35.9 Å². The number of H-pyrrole nitrogens is 1. The number of hydrogen-bond donors (Lipinski definition) is 2. The molecular formula is C26H23N7O3. The van der Waals surface area contributed by atoms with Crippen molar-refractivity contribution < 1.29 is 14.6 Å². The van der Waals surface area contributed by atoms with Crippen LogP contribution < -0.4 is 4.90 Å². The molecule has 0 spiro atoms. The number of aryl methyl sites for hydroxylation is 1. The Balaban J connectivity index is 1.58. The summed E-state index contributed by atoms with van der Waals surface area (Å²) in [6.07, 6.45) is 0. The zero-order valence-electron chi connectivity index (χ0n) is 19.5. The summed E-state index contributed by atoms with van der Waals surface area (Å²) in [6, 6.07) is 19.3. The minimum atomic E-state index is -0.985. The first-order valence-corrected chi connectivity index (χ1v) is 11.6. The number of fused-ring (bicyclic) bond motifs is 1. The fourth-order valence-corrected chi connectivity index (χ4v) is 4.88. The van der Waals surface area contributed by atoms with Crippen molar-refractivity contribution in [3.05, 3.63) is 72.1 Å². The number of carbonyl (C=O) groups is 1. The van der Waals surface area contributed by atoms with E-state index in [1.807, 2.05) is 41.8 Å². The van der Waals surface area contributed by atoms with Crippen LogP contribution in [0.4, 0.5) is 5.69 Å². The summed E-state index contributed by atoms with van der Waals surface area (Å²) in [4.78, 5) is 19.0. The predicted molar refractivity (Wildman–Crippen MR) is 134 cm³/mol. The van der Waals surface area contributed by atoms with E-state index < -0.39 is 5.97 Å². The number of tetrazole rings is 1. The van der Waals surface area contributed by atoms with Crippen molar-refractivity contribution in [2.75, 3.05) is 31.2 Å². The van der Waals surface area contributed by atoms with Crippen molar-refractivity contribution in [3.63, 3.8) is 0 Å². The summed E-state index contributed by atoms with van der Waals surface area (Å²) >= 11 is 0. The Bertz CT molecular complexity index is 1570. The fraction of sp³-hybridized carbons (Fsp3) is 0.192. The van der Waals surface area contributed by atoms with Gasteiger partial charge < -0.3 is 14.7 Å². The highest BCUT2D eigenvalue weighted by molar-refractivity contribution is 6.02. The number of nitrogens with one attached hydrogen (secondary N) is 1. The Kier molecular flexibility index (Phi) is 5.42. The molecule has 0 atom stereocenters. The van der Waals surface area contributed by atoms with Crippen LogP contribution in [0.25, 0.3) is 39.2 Å². The Morgan fingerprint density at radius 1 is 1.00 bits per heavy atom. The van der Waals surface area contributed by atoms with Crippen molar-refractivity contribution in [1.82, 2.24) is 30.2 Å². The standard InChI is InChI=1S/C26H23N7O3/c1-16-27-22-8-4-7-21(26(34)35)24(22)33(16)17-9-10-19(23(15-17)32-11-13-36-14-12-32)18-5-2-3-6-20(18)25-28-30-31-29-25/h2-10,15H,11-14H2,1H3,(H,34,35)(H,28,29,30,31). The van der Waals surface area contributed by atoms with Crippen molar-refractivity contribution in [2.45, 2.75) is 6.92 Å². The normalized spacial score (nSPS) is 13.9. The highest BCUT2D eigenvalue weighted by Gasteiger charge is 2.22. The summed E-state index contributed by atoms with van der Waals surface area (Å²) < 4.78 is 7.53. The minimum absolute atomic E-state index is 0.216. The topological polar surface area (TPSA) is 122 Å². The molecule has 10 nitrogen and oxygen atoms in total. The quantitative estimate of drug-likeness (QED) is 0.390. The molecule has 1 saturated heterocycles. The van der Waals surface area contributed by atoms with Gasteiger partial charge in [-0.15, -0.1) is 5.10 Å². The number of ether oxygens (including phenoxy) is 1. The number of rotatable bonds is 5. The van der Waals surface area contributed by atoms with E-state index >= 15 is 0 Å². The number of anilines is 1. The molecule has 2 aromatic heterocycles. The van der Waals surface area contributed by atoms with Gasteiger partial charge in [-0.1, -0.05) is 36.4 Å². The lowest BCUT2D eigenvalue weighted by Gasteiger charge is -2.31. The predicted octanol–water partition coefficient (Wildman–Crippen LogP) is 3.72. The van der Waals surface area contributed by atoms with Crippen LogP contribution in [0.3, 0.4) is 0 Å². The molecule has 0 amide bonds. The Hall–Kier alpha value is -4.57. The molecular weight excluding hydrogens is 458 g/mol. The van der Waals surface area contributed by atoms with Crippen LogP contribution in [0.5, 0.6) is 0 Å². The van der Waals surface area contributed by atoms with Gasteiger partial charge in [-0.25, -0.2) is 14.9 Å². The molecule has 2 N–H and O–H groups in total. The molecule has 0 aliphatic carbocycles. The monoisotopic (exact) mass is 481 g/mol. The molecule has 0 radical (unpaired) electrons. The number of aromatic nitrogens is 6. The molecule has 1 aliphatic rings. The van der Waals surface area contributed by atoms with E-state index in [0.717, 1.165) is 41.2 Å². The maximum atomic E-state index is 12.0. The number of para-hydroxylation sites is 1. The van der Waals surface area contributed by atoms with Gasteiger partial charge in [0.2, 0.25) is 0 Å². The zero-order chi connectivity index (χ0) is 24.6. The smallest absolute Gasteiger partial charge is 0.337 e. The SMILES string of the molecule is Cc1nc2cccc(C(=O)O)c2n1-c1ccc(-c2ccccc2-c2nnn[nH]2)c(N2CCOCC2)c1. The molecule has 6 rings (SSSR count). The van der Waals surface area contributed by atoms with Crippen LogP contribution in [-0.2, 0) is 4.74 Å². The number of benzene rings is 3. The second-order valence-corrected chi connectivity index (χ2v) is 8.57. The van der Waals surface area contributed by atoms with Crippen LogP contribution in [0.15, 0.2) is 60.7 Å². The van der Waals surface area contributed by atoms with E-state index in [4.69, 9.17) is 4.74 Å². The first-order chi connectivity index (χ1) is 17.6. The van der Waals surface area contributed by atoms with Crippen LogP contribution in [0.1, 0.15) is 16.2 Å². The van der Waals surface area contributed by atoms with Gasteiger partial charge in [0.25, 0.3) is 0 Å². The number of carboxylic acid groups (broad SMARTS) is 1. The van der Waals surface area contributed by atoms with Crippen LogP contribution >= 0.6 is 0 Å².